The predicted molar refractivity (Wildman–Crippen MR) is 105 cm³/mol. The van der Waals surface area contributed by atoms with E-state index < -0.39 is 0 Å². The van der Waals surface area contributed by atoms with E-state index in [0.717, 1.165) is 5.39 Å². The van der Waals surface area contributed by atoms with Gasteiger partial charge in [0.2, 0.25) is 5.95 Å². The van der Waals surface area contributed by atoms with E-state index in [4.69, 9.17) is 14.2 Å². The van der Waals surface area contributed by atoms with E-state index in [2.05, 4.69) is 26.5 Å². The summed E-state index contributed by atoms with van der Waals surface area (Å²) < 4.78 is 20.1. The van der Waals surface area contributed by atoms with Crippen molar-refractivity contribution in [3.8, 4) is 11.9 Å². The second-order valence-electron chi connectivity index (χ2n) is 7.13. The Bertz CT molecular complexity index is 1070. The Morgan fingerprint density at radius 2 is 2.31 bits per heavy atom. The zero-order valence-corrected chi connectivity index (χ0v) is 16.8. The molecule has 29 heavy (non-hydrogen) atoms. The molecule has 10 nitrogen and oxygen atoms in total. The Balaban J connectivity index is 1.65. The summed E-state index contributed by atoms with van der Waals surface area (Å²) in [6, 6.07) is 3.95. The highest BCUT2D eigenvalue weighted by molar-refractivity contribution is 5.79. The largest absolute Gasteiger partial charge is 0.467 e. The van der Waals surface area contributed by atoms with E-state index in [1.807, 2.05) is 25.5 Å². The quantitative estimate of drug-likeness (QED) is 0.645. The van der Waals surface area contributed by atoms with Crippen LogP contribution in [0.5, 0.6) is 5.88 Å². The molecule has 3 aromatic rings. The van der Waals surface area contributed by atoms with E-state index in [1.54, 1.807) is 30.3 Å². The number of nitrogens with one attached hydrogen (secondary N) is 1. The summed E-state index contributed by atoms with van der Waals surface area (Å²) in [5.41, 5.74) is 1.84. The molecule has 1 aliphatic heterocycles. The first kappa shape index (κ1) is 19.2. The molecule has 0 spiro atoms. The van der Waals surface area contributed by atoms with Crippen molar-refractivity contribution in [2.45, 2.75) is 32.1 Å². The second kappa shape index (κ2) is 7.69. The number of hydrogen-bond donors (Lipinski definition) is 1. The van der Waals surface area contributed by atoms with E-state index >= 15 is 0 Å². The van der Waals surface area contributed by atoms with Crippen molar-refractivity contribution in [1.29, 1.82) is 5.26 Å². The molecule has 0 unspecified atom stereocenters. The summed E-state index contributed by atoms with van der Waals surface area (Å²) in [6.45, 7) is 4.95. The van der Waals surface area contributed by atoms with Gasteiger partial charge in [-0.05, 0) is 19.9 Å². The van der Waals surface area contributed by atoms with Crippen LogP contribution in [0, 0.1) is 11.3 Å². The Morgan fingerprint density at radius 3 is 2.97 bits per heavy atom. The number of fused-ring (bicyclic) bond motifs is 1. The third-order valence-electron chi connectivity index (χ3n) is 4.89. The maximum atomic E-state index is 9.50. The van der Waals surface area contributed by atoms with Crippen molar-refractivity contribution < 1.29 is 14.2 Å². The van der Waals surface area contributed by atoms with Gasteiger partial charge in [0, 0.05) is 25.7 Å². The van der Waals surface area contributed by atoms with Gasteiger partial charge in [-0.15, -0.1) is 5.10 Å². The van der Waals surface area contributed by atoms with Crippen molar-refractivity contribution in [3.05, 3.63) is 24.2 Å². The summed E-state index contributed by atoms with van der Waals surface area (Å²) in [6.07, 6.45) is 3.51. The molecule has 0 radical (unpaired) electrons. The molecule has 0 aliphatic carbocycles. The summed E-state index contributed by atoms with van der Waals surface area (Å²) in [4.78, 5) is 9.02. The van der Waals surface area contributed by atoms with Gasteiger partial charge in [0.05, 0.1) is 31.6 Å². The van der Waals surface area contributed by atoms with Gasteiger partial charge in [0.25, 0.3) is 5.88 Å². The minimum absolute atomic E-state index is 0.0286. The van der Waals surface area contributed by atoms with Gasteiger partial charge in [0.1, 0.15) is 29.2 Å². The highest BCUT2D eigenvalue weighted by atomic mass is 16.6. The van der Waals surface area contributed by atoms with Crippen LogP contribution in [0.25, 0.3) is 11.0 Å². The zero-order chi connectivity index (χ0) is 20.5. The molecule has 1 aliphatic rings. The van der Waals surface area contributed by atoms with Gasteiger partial charge in [-0.25, -0.2) is 4.98 Å². The lowest BCUT2D eigenvalue weighted by atomic mass is 10.2. The Hall–Kier alpha value is -3.16. The number of ether oxygens (including phenoxy) is 3. The van der Waals surface area contributed by atoms with Crippen molar-refractivity contribution >= 4 is 22.7 Å². The van der Waals surface area contributed by atoms with E-state index in [9.17, 15) is 5.26 Å². The number of anilines is 2. The summed E-state index contributed by atoms with van der Waals surface area (Å²) >= 11 is 0. The van der Waals surface area contributed by atoms with Crippen LogP contribution in [-0.2, 0) is 16.5 Å². The molecular formula is C19H23N7O3. The van der Waals surface area contributed by atoms with E-state index in [1.165, 1.54) is 0 Å². The van der Waals surface area contributed by atoms with Gasteiger partial charge in [-0.2, -0.15) is 10.2 Å². The topological polar surface area (TPSA) is 112 Å². The van der Waals surface area contributed by atoms with Crippen LogP contribution < -0.4 is 10.1 Å². The maximum absolute atomic E-state index is 9.50. The Labute approximate surface area is 168 Å². The third-order valence-corrected chi connectivity index (χ3v) is 4.89. The minimum Gasteiger partial charge on any atom is -0.467 e. The summed E-state index contributed by atoms with van der Waals surface area (Å²) in [5.74, 6) is 0.860. The normalized spacial score (nSPS) is 19.6. The van der Waals surface area contributed by atoms with Crippen LogP contribution in [-0.4, -0.2) is 56.8 Å². The molecule has 4 rings (SSSR count). The number of rotatable bonds is 7. The molecule has 1 saturated heterocycles. The van der Waals surface area contributed by atoms with Gasteiger partial charge in [0.15, 0.2) is 0 Å². The van der Waals surface area contributed by atoms with Crippen LogP contribution in [0.4, 0.5) is 11.6 Å². The third kappa shape index (κ3) is 3.62. The number of nitrogens with zero attached hydrogens (tertiary/aromatic N) is 6. The predicted octanol–water partition coefficient (Wildman–Crippen LogP) is 2.15. The maximum Gasteiger partial charge on any atom is 0.257 e. The van der Waals surface area contributed by atoms with Gasteiger partial charge in [-0.1, -0.05) is 0 Å². The second-order valence-corrected chi connectivity index (χ2v) is 7.13. The molecule has 10 heteroatoms. The highest BCUT2D eigenvalue weighted by Crippen LogP contribution is 2.29. The SMILES string of the molecule is COC[C@H](C)n1c(C#N)cc2cnc(Nc3cn(C)nc3O[C@H]3CO[C@@H]3C)nc21. The number of nitriles is 1. The minimum atomic E-state index is -0.0488. The molecule has 3 aromatic heterocycles. The Morgan fingerprint density at radius 1 is 1.48 bits per heavy atom. The van der Waals surface area contributed by atoms with Crippen molar-refractivity contribution in [2.75, 3.05) is 25.6 Å². The molecule has 0 aromatic carbocycles. The fourth-order valence-corrected chi connectivity index (χ4v) is 3.32. The molecule has 1 fully saturated rings. The van der Waals surface area contributed by atoms with Gasteiger partial charge >= 0.3 is 0 Å². The molecule has 0 bridgehead atoms. The van der Waals surface area contributed by atoms with Gasteiger partial charge in [-0.3, -0.25) is 4.68 Å². The molecule has 152 valence electrons. The number of hydrogen-bond acceptors (Lipinski definition) is 8. The lowest BCUT2D eigenvalue weighted by Crippen LogP contribution is -2.46. The van der Waals surface area contributed by atoms with Gasteiger partial charge < -0.3 is 24.1 Å². The first-order valence-corrected chi connectivity index (χ1v) is 9.36. The van der Waals surface area contributed by atoms with Crippen LogP contribution in [0.15, 0.2) is 18.5 Å². The fourth-order valence-electron chi connectivity index (χ4n) is 3.32. The molecule has 4 heterocycles. The first-order valence-electron chi connectivity index (χ1n) is 9.36. The number of aromatic nitrogens is 5. The zero-order valence-electron chi connectivity index (χ0n) is 16.8. The molecule has 1 N–H and O–H groups in total. The molecule has 0 amide bonds. The van der Waals surface area contributed by atoms with Crippen molar-refractivity contribution in [2.24, 2.45) is 7.05 Å². The van der Waals surface area contributed by atoms with E-state index in [-0.39, 0.29) is 18.2 Å². The van der Waals surface area contributed by atoms with Crippen LogP contribution >= 0.6 is 0 Å². The standard InChI is InChI=1S/C19H23N7O3/c1-11(9-27-4)26-14(6-20)5-13-7-21-19(23-17(13)26)22-15-8-25(3)24-18(15)29-16-10-28-12(16)2/h5,7-8,11-12,16H,9-10H2,1-4H3,(H,21,22,23)/t11-,12+,16-/m0/s1. The molecule has 0 saturated carbocycles. The van der Waals surface area contributed by atoms with Crippen LogP contribution in [0.3, 0.4) is 0 Å². The number of methoxy groups -OCH3 is 1. The smallest absolute Gasteiger partial charge is 0.257 e. The number of aryl methyl sites for hydroxylation is 1. The van der Waals surface area contributed by atoms with Crippen LogP contribution in [0.1, 0.15) is 25.6 Å². The van der Waals surface area contributed by atoms with Crippen molar-refractivity contribution in [3.63, 3.8) is 0 Å². The first-order chi connectivity index (χ1) is 14.0. The lowest BCUT2D eigenvalue weighted by molar-refractivity contribution is -0.140. The average molecular weight is 397 g/mol. The van der Waals surface area contributed by atoms with Crippen molar-refractivity contribution in [1.82, 2.24) is 24.3 Å². The molecular weight excluding hydrogens is 374 g/mol. The lowest BCUT2D eigenvalue weighted by Gasteiger charge is -2.33. The summed E-state index contributed by atoms with van der Waals surface area (Å²) in [5, 5.41) is 17.8. The summed E-state index contributed by atoms with van der Waals surface area (Å²) in [7, 11) is 3.45. The van der Waals surface area contributed by atoms with Crippen LogP contribution in [0.2, 0.25) is 0 Å². The highest BCUT2D eigenvalue weighted by Gasteiger charge is 2.31. The average Bonchev–Trinajstić information content (AvgIpc) is 3.24. The monoisotopic (exact) mass is 397 g/mol. The Kier molecular flexibility index (Phi) is 5.08. The molecule has 3 atom stereocenters. The van der Waals surface area contributed by atoms with E-state index in [0.29, 0.717) is 42.1 Å². The fraction of sp³-hybridized carbons (Fsp3) is 0.474.